The van der Waals surface area contributed by atoms with Crippen molar-refractivity contribution in [2.45, 2.75) is 51.4 Å². The number of esters is 3. The van der Waals surface area contributed by atoms with Crippen LogP contribution in [0.4, 0.5) is 0 Å². The second-order valence-electron chi connectivity index (χ2n) is 4.59. The van der Waals surface area contributed by atoms with Crippen molar-refractivity contribution in [1.82, 2.24) is 0 Å². The maximum absolute atomic E-state index is 11.2. The number of hydrogen-bond donors (Lipinski definition) is 2. The third kappa shape index (κ3) is 4.96. The van der Waals surface area contributed by atoms with Crippen molar-refractivity contribution in [2.75, 3.05) is 6.61 Å². The van der Waals surface area contributed by atoms with Crippen LogP contribution in [0.25, 0.3) is 0 Å². The molecule has 1 aliphatic heterocycles. The number of hydrogen-bond acceptors (Lipinski definition) is 9. The average Bonchev–Trinajstić information content (AvgIpc) is 2.35. The number of aliphatic hydroxyl groups excluding tert-OH is 1. The topological polar surface area (TPSA) is 134 Å². The molecule has 0 bridgehead atoms. The van der Waals surface area contributed by atoms with Crippen LogP contribution in [0.2, 0.25) is 0 Å². The summed E-state index contributed by atoms with van der Waals surface area (Å²) in [6, 6.07) is -1.10. The highest BCUT2D eigenvalue weighted by Gasteiger charge is 2.48. The van der Waals surface area contributed by atoms with Crippen LogP contribution in [0, 0.1) is 0 Å². The van der Waals surface area contributed by atoms with E-state index in [4.69, 9.17) is 24.7 Å². The van der Waals surface area contributed by atoms with Crippen molar-refractivity contribution in [3.05, 3.63) is 0 Å². The molecule has 0 amide bonds. The molecule has 0 saturated carbocycles. The molecular formula is C12H19NO8. The fourth-order valence-corrected chi connectivity index (χ4v) is 1.95. The average molecular weight is 305 g/mol. The molecule has 0 aromatic heterocycles. The molecule has 0 aliphatic carbocycles. The number of carbonyl (C=O) groups is 3. The zero-order valence-electron chi connectivity index (χ0n) is 12.0. The van der Waals surface area contributed by atoms with E-state index in [1.807, 2.05) is 0 Å². The van der Waals surface area contributed by atoms with Crippen LogP contribution in [0.3, 0.4) is 0 Å². The molecule has 0 spiro atoms. The van der Waals surface area contributed by atoms with Gasteiger partial charge in [0.25, 0.3) is 0 Å². The molecule has 1 fully saturated rings. The van der Waals surface area contributed by atoms with E-state index in [0.29, 0.717) is 0 Å². The first kappa shape index (κ1) is 17.3. The lowest BCUT2D eigenvalue weighted by Crippen LogP contribution is -2.64. The first-order valence-electron chi connectivity index (χ1n) is 6.29. The molecule has 2 unspecified atom stereocenters. The number of aliphatic hydroxyl groups is 1. The van der Waals surface area contributed by atoms with Gasteiger partial charge in [0.2, 0.25) is 0 Å². The fraction of sp³-hybridized carbons (Fsp3) is 0.750. The first-order valence-corrected chi connectivity index (χ1v) is 6.29. The SMILES string of the molecule is CC(=O)OCC1O[C@@H](O)[C@@H](N)C(OC(C)=O)[C@H]1OC(C)=O. The molecule has 9 heteroatoms. The summed E-state index contributed by atoms with van der Waals surface area (Å²) in [4.78, 5) is 33.2. The summed E-state index contributed by atoms with van der Waals surface area (Å²) < 4.78 is 20.0. The zero-order valence-corrected chi connectivity index (χ0v) is 12.0. The summed E-state index contributed by atoms with van der Waals surface area (Å²) in [6.07, 6.45) is -4.67. The van der Waals surface area contributed by atoms with Gasteiger partial charge in [-0.25, -0.2) is 0 Å². The normalized spacial score (nSPS) is 32.1. The Morgan fingerprint density at radius 1 is 1.05 bits per heavy atom. The third-order valence-electron chi connectivity index (χ3n) is 2.77. The number of ether oxygens (including phenoxy) is 4. The highest BCUT2D eigenvalue weighted by Crippen LogP contribution is 2.24. The summed E-state index contributed by atoms with van der Waals surface area (Å²) >= 11 is 0. The van der Waals surface area contributed by atoms with Gasteiger partial charge in [-0.15, -0.1) is 0 Å². The summed E-state index contributed by atoms with van der Waals surface area (Å²) in [5.74, 6) is -1.89. The van der Waals surface area contributed by atoms with Gasteiger partial charge in [0.15, 0.2) is 18.5 Å². The Balaban J connectivity index is 2.94. The molecule has 1 aliphatic rings. The van der Waals surface area contributed by atoms with Crippen LogP contribution in [-0.4, -0.2) is 60.3 Å². The quantitative estimate of drug-likeness (QED) is 0.468. The van der Waals surface area contributed by atoms with Crippen molar-refractivity contribution in [1.29, 1.82) is 0 Å². The Kier molecular flexibility index (Phi) is 6.06. The van der Waals surface area contributed by atoms with E-state index in [9.17, 15) is 19.5 Å². The molecule has 0 aromatic rings. The first-order chi connectivity index (χ1) is 9.72. The largest absolute Gasteiger partial charge is 0.463 e. The van der Waals surface area contributed by atoms with E-state index in [0.717, 1.165) is 13.8 Å². The van der Waals surface area contributed by atoms with Crippen molar-refractivity contribution >= 4 is 17.9 Å². The Morgan fingerprint density at radius 2 is 1.57 bits per heavy atom. The molecule has 1 heterocycles. The standard InChI is InChI=1S/C12H19NO8/c1-5(14)18-4-8-10(19-6(2)15)11(20-7(3)16)9(13)12(17)21-8/h8-12,17H,4,13H2,1-3H3/t8?,9-,10-,11?,12+/m0/s1. The monoisotopic (exact) mass is 305 g/mol. The minimum Gasteiger partial charge on any atom is -0.463 e. The molecule has 120 valence electrons. The van der Waals surface area contributed by atoms with Gasteiger partial charge >= 0.3 is 17.9 Å². The number of nitrogens with two attached hydrogens (primary N) is 1. The van der Waals surface area contributed by atoms with Gasteiger partial charge in [-0.05, 0) is 0 Å². The molecule has 9 nitrogen and oxygen atoms in total. The summed E-state index contributed by atoms with van der Waals surface area (Å²) in [5, 5.41) is 9.73. The van der Waals surface area contributed by atoms with Crippen molar-refractivity contribution < 1.29 is 38.4 Å². The molecular weight excluding hydrogens is 286 g/mol. The Labute approximate surface area is 121 Å². The van der Waals surface area contributed by atoms with Gasteiger partial charge in [0.1, 0.15) is 12.7 Å². The predicted molar refractivity (Wildman–Crippen MR) is 66.6 cm³/mol. The molecule has 0 aromatic carbocycles. The second kappa shape index (κ2) is 7.34. The van der Waals surface area contributed by atoms with Gasteiger partial charge in [0, 0.05) is 20.8 Å². The van der Waals surface area contributed by atoms with Crippen LogP contribution in [0.15, 0.2) is 0 Å². The van der Waals surface area contributed by atoms with Crippen molar-refractivity contribution in [3.63, 3.8) is 0 Å². The summed E-state index contributed by atoms with van der Waals surface area (Å²) in [7, 11) is 0. The lowest BCUT2D eigenvalue weighted by Gasteiger charge is -2.41. The maximum atomic E-state index is 11.2. The molecule has 21 heavy (non-hydrogen) atoms. The van der Waals surface area contributed by atoms with Gasteiger partial charge in [-0.3, -0.25) is 14.4 Å². The van der Waals surface area contributed by atoms with Crippen molar-refractivity contribution in [2.24, 2.45) is 5.73 Å². The van der Waals surface area contributed by atoms with Gasteiger partial charge in [0.05, 0.1) is 6.04 Å². The minimum atomic E-state index is -1.46. The molecule has 0 radical (unpaired) electrons. The lowest BCUT2D eigenvalue weighted by molar-refractivity contribution is -0.260. The second-order valence-corrected chi connectivity index (χ2v) is 4.59. The highest BCUT2D eigenvalue weighted by atomic mass is 16.7. The Morgan fingerprint density at radius 3 is 2.05 bits per heavy atom. The Bertz CT molecular complexity index is 412. The summed E-state index contributed by atoms with van der Waals surface area (Å²) in [5.41, 5.74) is 5.70. The van der Waals surface area contributed by atoms with E-state index < -0.39 is 48.6 Å². The van der Waals surface area contributed by atoms with E-state index in [1.54, 1.807) is 0 Å². The molecule has 1 rings (SSSR count). The number of carbonyl (C=O) groups excluding carboxylic acids is 3. The van der Waals surface area contributed by atoms with E-state index >= 15 is 0 Å². The lowest BCUT2D eigenvalue weighted by atomic mass is 9.97. The maximum Gasteiger partial charge on any atom is 0.303 e. The highest BCUT2D eigenvalue weighted by molar-refractivity contribution is 5.67. The van der Waals surface area contributed by atoms with E-state index in [2.05, 4.69) is 0 Å². The number of rotatable bonds is 4. The van der Waals surface area contributed by atoms with Crippen LogP contribution < -0.4 is 5.73 Å². The van der Waals surface area contributed by atoms with Gasteiger partial charge in [-0.1, -0.05) is 0 Å². The van der Waals surface area contributed by atoms with Crippen LogP contribution in [-0.2, 0) is 33.3 Å². The molecule has 5 atom stereocenters. The zero-order chi connectivity index (χ0) is 16.2. The van der Waals surface area contributed by atoms with Gasteiger partial charge in [-0.2, -0.15) is 0 Å². The van der Waals surface area contributed by atoms with Gasteiger partial charge < -0.3 is 29.8 Å². The van der Waals surface area contributed by atoms with Crippen LogP contribution in [0.1, 0.15) is 20.8 Å². The minimum absolute atomic E-state index is 0.283. The van der Waals surface area contributed by atoms with E-state index in [1.165, 1.54) is 6.92 Å². The molecule has 3 N–H and O–H groups in total. The summed E-state index contributed by atoms with van der Waals surface area (Å²) in [6.45, 7) is 3.22. The van der Waals surface area contributed by atoms with Crippen LogP contribution in [0.5, 0.6) is 0 Å². The Hall–Kier alpha value is -1.71. The fourth-order valence-electron chi connectivity index (χ4n) is 1.95. The van der Waals surface area contributed by atoms with Crippen LogP contribution >= 0.6 is 0 Å². The molecule has 1 saturated heterocycles. The smallest absolute Gasteiger partial charge is 0.303 e. The predicted octanol–water partition coefficient (Wildman–Crippen LogP) is -1.54. The van der Waals surface area contributed by atoms with Crippen molar-refractivity contribution in [3.8, 4) is 0 Å². The van der Waals surface area contributed by atoms with E-state index in [-0.39, 0.29) is 6.61 Å². The third-order valence-corrected chi connectivity index (χ3v) is 2.77.